The molecule has 0 spiro atoms. The molecule has 0 bridgehead atoms. The predicted molar refractivity (Wildman–Crippen MR) is 50.8 cm³/mol. The number of carbonyl (C=O) groups is 1. The summed E-state index contributed by atoms with van der Waals surface area (Å²) in [7, 11) is 0. The fourth-order valence-corrected chi connectivity index (χ4v) is 1.06. The van der Waals surface area contributed by atoms with E-state index in [2.05, 4.69) is 0 Å². The molecule has 18 heavy (non-hydrogen) atoms. The van der Waals surface area contributed by atoms with E-state index in [1.165, 1.54) is 12.2 Å². The van der Waals surface area contributed by atoms with Crippen LogP contribution in [0.15, 0.2) is 18.2 Å². The highest BCUT2D eigenvalue weighted by atomic mass is 19.4. The Bertz CT molecular complexity index is 468. The summed E-state index contributed by atoms with van der Waals surface area (Å²) < 4.78 is 73.6. The molecule has 0 radical (unpaired) electrons. The first-order valence-electron chi connectivity index (χ1n) is 4.58. The van der Waals surface area contributed by atoms with Crippen molar-refractivity contribution in [3.63, 3.8) is 0 Å². The Kier molecular flexibility index (Phi) is 3.59. The quantitative estimate of drug-likeness (QED) is 0.822. The summed E-state index contributed by atoms with van der Waals surface area (Å²) in [6.45, 7) is 1.32. The number of anilines is 1. The van der Waals surface area contributed by atoms with E-state index in [1.54, 1.807) is 0 Å². The highest BCUT2D eigenvalue weighted by Gasteiger charge is 2.63. The first-order chi connectivity index (χ1) is 8.05. The van der Waals surface area contributed by atoms with Crippen LogP contribution in [0, 0.1) is 12.7 Å². The van der Waals surface area contributed by atoms with Crippen molar-refractivity contribution >= 4 is 11.6 Å². The molecule has 0 aliphatic rings. The number of alkyl halides is 5. The molecule has 0 atom stereocenters. The maximum absolute atomic E-state index is 12.8. The number of nitrogens with one attached hydrogen (secondary N) is 1. The summed E-state index contributed by atoms with van der Waals surface area (Å²) in [4.78, 5) is 10.8. The van der Waals surface area contributed by atoms with Gasteiger partial charge in [0.1, 0.15) is 5.82 Å². The minimum absolute atomic E-state index is 0.155. The van der Waals surface area contributed by atoms with Crippen molar-refractivity contribution in [1.29, 1.82) is 0 Å². The third kappa shape index (κ3) is 2.74. The molecule has 0 aromatic heterocycles. The van der Waals surface area contributed by atoms with Crippen LogP contribution in [0.1, 0.15) is 5.56 Å². The second kappa shape index (κ2) is 4.51. The summed E-state index contributed by atoms with van der Waals surface area (Å²) in [6, 6.07) is 2.77. The molecule has 100 valence electrons. The summed E-state index contributed by atoms with van der Waals surface area (Å²) >= 11 is 0. The summed E-state index contributed by atoms with van der Waals surface area (Å²) in [5, 5.41) is 1.35. The Hall–Kier alpha value is -1.73. The molecule has 1 N–H and O–H groups in total. The summed E-state index contributed by atoms with van der Waals surface area (Å²) in [5.74, 6) is -8.96. The van der Waals surface area contributed by atoms with Crippen molar-refractivity contribution in [1.82, 2.24) is 0 Å². The zero-order chi connectivity index (χ0) is 14.1. The molecular weight excluding hydrogens is 264 g/mol. The molecule has 1 aromatic rings. The summed E-state index contributed by atoms with van der Waals surface area (Å²) in [6.07, 6.45) is -6.00. The van der Waals surface area contributed by atoms with Crippen LogP contribution in [0.4, 0.5) is 32.0 Å². The number of benzene rings is 1. The monoisotopic (exact) mass is 271 g/mol. The Labute approximate surface area is 97.6 Å². The lowest BCUT2D eigenvalue weighted by molar-refractivity contribution is -0.267. The van der Waals surface area contributed by atoms with Crippen molar-refractivity contribution in [2.45, 2.75) is 19.0 Å². The van der Waals surface area contributed by atoms with Crippen LogP contribution in [0.25, 0.3) is 0 Å². The van der Waals surface area contributed by atoms with Crippen molar-refractivity contribution < 1.29 is 31.1 Å². The average molecular weight is 271 g/mol. The van der Waals surface area contributed by atoms with Gasteiger partial charge in [0.05, 0.1) is 0 Å². The van der Waals surface area contributed by atoms with Gasteiger partial charge < -0.3 is 5.32 Å². The molecule has 0 unspecified atom stereocenters. The van der Waals surface area contributed by atoms with Gasteiger partial charge in [-0.15, -0.1) is 0 Å². The first-order valence-corrected chi connectivity index (χ1v) is 4.58. The van der Waals surface area contributed by atoms with E-state index in [4.69, 9.17) is 0 Å². The van der Waals surface area contributed by atoms with Crippen LogP contribution >= 0.6 is 0 Å². The molecule has 0 saturated carbocycles. The first kappa shape index (κ1) is 14.3. The average Bonchev–Trinajstić information content (AvgIpc) is 2.21. The number of aryl methyl sites for hydroxylation is 1. The van der Waals surface area contributed by atoms with Gasteiger partial charge in [-0.05, 0) is 24.6 Å². The van der Waals surface area contributed by atoms with Gasteiger partial charge in [-0.25, -0.2) is 4.39 Å². The Balaban J connectivity index is 2.98. The van der Waals surface area contributed by atoms with Crippen LogP contribution in [0.2, 0.25) is 0 Å². The number of carbonyl (C=O) groups excluding carboxylic acids is 1. The Morgan fingerprint density at radius 2 is 1.72 bits per heavy atom. The van der Waals surface area contributed by atoms with Crippen LogP contribution < -0.4 is 5.32 Å². The van der Waals surface area contributed by atoms with E-state index in [1.807, 2.05) is 0 Å². The topological polar surface area (TPSA) is 29.1 Å². The van der Waals surface area contributed by atoms with Crippen LogP contribution in [0.5, 0.6) is 0 Å². The molecule has 1 amide bonds. The minimum atomic E-state index is -6.00. The van der Waals surface area contributed by atoms with E-state index in [9.17, 15) is 31.1 Å². The molecule has 0 saturated heterocycles. The molecule has 0 aliphatic heterocycles. The van der Waals surface area contributed by atoms with Crippen molar-refractivity contribution in [3.8, 4) is 0 Å². The molecule has 0 aliphatic carbocycles. The molecule has 0 heterocycles. The second-order valence-corrected chi connectivity index (χ2v) is 3.49. The highest BCUT2D eigenvalue weighted by Crippen LogP contribution is 2.36. The fraction of sp³-hybridized carbons (Fsp3) is 0.300. The van der Waals surface area contributed by atoms with Gasteiger partial charge in [0, 0.05) is 5.69 Å². The van der Waals surface area contributed by atoms with E-state index in [-0.39, 0.29) is 5.56 Å². The zero-order valence-corrected chi connectivity index (χ0v) is 8.91. The number of rotatable bonds is 2. The van der Waals surface area contributed by atoms with Gasteiger partial charge >= 0.3 is 18.0 Å². The lowest BCUT2D eigenvalue weighted by atomic mass is 10.2. The smallest absolute Gasteiger partial charge is 0.320 e. The van der Waals surface area contributed by atoms with Crippen LogP contribution in [0.3, 0.4) is 0 Å². The summed E-state index contributed by atoms with van der Waals surface area (Å²) in [5.41, 5.74) is -0.286. The standard InChI is InChI=1S/C10H7F6NO/c1-5-2-3-6(11)4-7(5)17-8(18)9(12,13)10(14,15)16/h2-4H,1H3,(H,17,18). The molecular formula is C10H7F6NO. The lowest BCUT2D eigenvalue weighted by Crippen LogP contribution is -2.47. The third-order valence-corrected chi connectivity index (χ3v) is 2.09. The van der Waals surface area contributed by atoms with E-state index in [0.29, 0.717) is 6.07 Å². The van der Waals surface area contributed by atoms with Gasteiger partial charge in [-0.3, -0.25) is 4.79 Å². The highest BCUT2D eigenvalue weighted by molar-refractivity contribution is 5.97. The van der Waals surface area contributed by atoms with Crippen molar-refractivity contribution in [3.05, 3.63) is 29.6 Å². The molecule has 8 heteroatoms. The van der Waals surface area contributed by atoms with Gasteiger partial charge in [-0.2, -0.15) is 22.0 Å². The van der Waals surface area contributed by atoms with Crippen molar-refractivity contribution in [2.75, 3.05) is 5.32 Å². The fourth-order valence-electron chi connectivity index (χ4n) is 1.06. The van der Waals surface area contributed by atoms with E-state index in [0.717, 1.165) is 12.1 Å². The maximum Gasteiger partial charge on any atom is 0.463 e. The van der Waals surface area contributed by atoms with Crippen LogP contribution in [-0.2, 0) is 4.79 Å². The van der Waals surface area contributed by atoms with Gasteiger partial charge in [-0.1, -0.05) is 6.07 Å². The lowest BCUT2D eigenvalue weighted by Gasteiger charge is -2.19. The largest absolute Gasteiger partial charge is 0.463 e. The predicted octanol–water partition coefficient (Wildman–Crippen LogP) is 3.27. The molecule has 2 nitrogen and oxygen atoms in total. The Morgan fingerprint density at radius 3 is 2.22 bits per heavy atom. The van der Waals surface area contributed by atoms with Crippen molar-refractivity contribution in [2.24, 2.45) is 0 Å². The molecule has 1 rings (SSSR count). The number of halogens is 6. The number of hydrogen-bond acceptors (Lipinski definition) is 1. The maximum atomic E-state index is 12.8. The van der Waals surface area contributed by atoms with Gasteiger partial charge in [0.2, 0.25) is 0 Å². The van der Waals surface area contributed by atoms with E-state index >= 15 is 0 Å². The van der Waals surface area contributed by atoms with Gasteiger partial charge in [0.25, 0.3) is 0 Å². The SMILES string of the molecule is Cc1ccc(F)cc1NC(=O)C(F)(F)C(F)(F)F. The number of amides is 1. The third-order valence-electron chi connectivity index (χ3n) is 2.09. The zero-order valence-electron chi connectivity index (χ0n) is 8.91. The Morgan fingerprint density at radius 1 is 1.17 bits per heavy atom. The van der Waals surface area contributed by atoms with Crippen LogP contribution in [-0.4, -0.2) is 18.0 Å². The molecule has 1 aromatic carbocycles. The number of hydrogen-bond donors (Lipinski definition) is 1. The normalized spacial score (nSPS) is 12.4. The minimum Gasteiger partial charge on any atom is -0.320 e. The molecule has 0 fully saturated rings. The van der Waals surface area contributed by atoms with E-state index < -0.39 is 29.5 Å². The van der Waals surface area contributed by atoms with Gasteiger partial charge in [0.15, 0.2) is 0 Å². The second-order valence-electron chi connectivity index (χ2n) is 3.49.